The Kier molecular flexibility index (Phi) is 5.93. The van der Waals surface area contributed by atoms with E-state index < -0.39 is 0 Å². The molecule has 0 spiro atoms. The highest BCUT2D eigenvalue weighted by Crippen LogP contribution is 2.07. The van der Waals surface area contributed by atoms with Crippen LogP contribution in [-0.4, -0.2) is 12.5 Å². The van der Waals surface area contributed by atoms with Gasteiger partial charge in [0.2, 0.25) is 0 Å². The minimum atomic E-state index is 0. The highest BCUT2D eigenvalue weighted by molar-refractivity contribution is 5.85. The summed E-state index contributed by atoms with van der Waals surface area (Å²) in [6.07, 6.45) is 2.81. The van der Waals surface area contributed by atoms with E-state index in [-0.39, 0.29) is 12.4 Å². The molecule has 0 radical (unpaired) electrons. The van der Waals surface area contributed by atoms with Gasteiger partial charge in [-0.25, -0.2) is 0 Å². The van der Waals surface area contributed by atoms with Gasteiger partial charge in [-0.05, 0) is 12.1 Å². The fourth-order valence-electron chi connectivity index (χ4n) is 0.715. The van der Waals surface area contributed by atoms with Crippen LogP contribution < -0.4 is 0 Å². The van der Waals surface area contributed by atoms with Crippen LogP contribution in [0.4, 0.5) is 5.69 Å². The molecule has 0 aliphatic carbocycles. The van der Waals surface area contributed by atoms with Crippen LogP contribution in [0.1, 0.15) is 6.42 Å². The normalized spacial score (nSPS) is 9.33. The Morgan fingerprint density at radius 3 is 2.50 bits per heavy atom. The Bertz CT molecular complexity index is 246. The molecule has 0 N–H and O–H groups in total. The third kappa shape index (κ3) is 3.88. The van der Waals surface area contributed by atoms with Crippen molar-refractivity contribution >= 4 is 30.6 Å². The number of benzene rings is 1. The molecule has 0 fully saturated rings. The number of aldehydes is 1. The highest BCUT2D eigenvalue weighted by Gasteiger charge is 1.81. The number of carbonyl (C=O) groups excluding carboxylic acids is 1. The first-order valence-corrected chi connectivity index (χ1v) is 3.44. The number of hydrogen-bond acceptors (Lipinski definition) is 2. The van der Waals surface area contributed by atoms with Gasteiger partial charge in [0.15, 0.2) is 0 Å². The zero-order chi connectivity index (χ0) is 7.94. The Morgan fingerprint density at radius 1 is 1.25 bits per heavy atom. The second-order valence-electron chi connectivity index (χ2n) is 2.05. The summed E-state index contributed by atoms with van der Waals surface area (Å²) >= 11 is 0. The molecule has 1 aromatic rings. The second kappa shape index (κ2) is 6.55. The molecule has 0 saturated carbocycles. The van der Waals surface area contributed by atoms with E-state index in [1.165, 1.54) is 0 Å². The van der Waals surface area contributed by atoms with E-state index in [9.17, 15) is 4.79 Å². The summed E-state index contributed by atoms with van der Waals surface area (Å²) in [6.45, 7) is 0. The molecule has 0 aliphatic heterocycles. The van der Waals surface area contributed by atoms with Gasteiger partial charge in [-0.15, -0.1) is 12.4 Å². The number of hydrogen-bond donors (Lipinski definition) is 0. The average molecular weight is 184 g/mol. The minimum absolute atomic E-state index is 0. The maximum Gasteiger partial charge on any atom is 0.125 e. The summed E-state index contributed by atoms with van der Waals surface area (Å²) in [7, 11) is 0. The van der Waals surface area contributed by atoms with E-state index in [1.54, 1.807) is 6.21 Å². The van der Waals surface area contributed by atoms with Gasteiger partial charge in [0.25, 0.3) is 0 Å². The number of nitrogens with zero attached hydrogens (tertiary/aromatic N) is 1. The third-order valence-corrected chi connectivity index (χ3v) is 1.20. The van der Waals surface area contributed by atoms with Crippen molar-refractivity contribution in [3.8, 4) is 0 Å². The van der Waals surface area contributed by atoms with Gasteiger partial charge < -0.3 is 4.79 Å². The number of rotatable bonds is 3. The smallest absolute Gasteiger partial charge is 0.125 e. The van der Waals surface area contributed by atoms with Gasteiger partial charge in [0.05, 0.1) is 5.69 Å². The molecular formula is C9H10ClNO. The molecule has 0 amide bonds. The highest BCUT2D eigenvalue weighted by atomic mass is 35.5. The van der Waals surface area contributed by atoms with Gasteiger partial charge in [0.1, 0.15) is 6.29 Å². The zero-order valence-electron chi connectivity index (χ0n) is 6.51. The standard InChI is InChI=1S/C9H9NO.ClH/c11-8-4-7-10-9-5-2-1-3-6-9;/h1-3,5-8H,4H2;1H. The molecule has 0 aromatic heterocycles. The fourth-order valence-corrected chi connectivity index (χ4v) is 0.715. The molecule has 0 unspecified atom stereocenters. The molecule has 0 aliphatic rings. The lowest BCUT2D eigenvalue weighted by Crippen LogP contribution is -1.73. The molecule has 0 bridgehead atoms. The maximum atomic E-state index is 9.90. The Balaban J connectivity index is 0.00000121. The number of aliphatic imine (C=N–C) groups is 1. The van der Waals surface area contributed by atoms with Crippen LogP contribution in [0.5, 0.6) is 0 Å². The van der Waals surface area contributed by atoms with E-state index in [2.05, 4.69) is 4.99 Å². The van der Waals surface area contributed by atoms with Crippen molar-refractivity contribution in [2.45, 2.75) is 6.42 Å². The van der Waals surface area contributed by atoms with Crippen LogP contribution in [0, 0.1) is 0 Å². The number of para-hydroxylation sites is 1. The third-order valence-electron chi connectivity index (χ3n) is 1.20. The molecule has 0 heterocycles. The second-order valence-corrected chi connectivity index (χ2v) is 2.05. The van der Waals surface area contributed by atoms with Crippen LogP contribution >= 0.6 is 12.4 Å². The van der Waals surface area contributed by atoms with Crippen molar-refractivity contribution in [3.05, 3.63) is 30.3 Å². The maximum absolute atomic E-state index is 9.90. The number of carbonyl (C=O) groups is 1. The molecule has 1 rings (SSSR count). The summed E-state index contributed by atoms with van der Waals surface area (Å²) < 4.78 is 0. The summed E-state index contributed by atoms with van der Waals surface area (Å²) in [6, 6.07) is 9.53. The molecule has 0 atom stereocenters. The lowest BCUT2D eigenvalue weighted by Gasteiger charge is -1.88. The van der Waals surface area contributed by atoms with Crippen molar-refractivity contribution in [1.29, 1.82) is 0 Å². The zero-order valence-corrected chi connectivity index (χ0v) is 7.33. The summed E-state index contributed by atoms with van der Waals surface area (Å²) in [4.78, 5) is 13.9. The number of halogens is 1. The Morgan fingerprint density at radius 2 is 1.92 bits per heavy atom. The van der Waals surface area contributed by atoms with E-state index in [0.29, 0.717) is 6.42 Å². The predicted molar refractivity (Wildman–Crippen MR) is 52.5 cm³/mol. The first-order chi connectivity index (χ1) is 5.43. The van der Waals surface area contributed by atoms with E-state index in [4.69, 9.17) is 0 Å². The van der Waals surface area contributed by atoms with E-state index >= 15 is 0 Å². The van der Waals surface area contributed by atoms with E-state index in [1.807, 2.05) is 30.3 Å². The van der Waals surface area contributed by atoms with Crippen molar-refractivity contribution < 1.29 is 4.79 Å². The Labute approximate surface area is 77.7 Å². The Hall–Kier alpha value is -1.15. The van der Waals surface area contributed by atoms with Gasteiger partial charge in [-0.3, -0.25) is 4.99 Å². The quantitative estimate of drug-likeness (QED) is 0.523. The molecule has 1 aromatic carbocycles. The van der Waals surface area contributed by atoms with Crippen LogP contribution in [0.25, 0.3) is 0 Å². The molecule has 64 valence electrons. The minimum Gasteiger partial charge on any atom is -0.303 e. The summed E-state index contributed by atoms with van der Waals surface area (Å²) in [5.74, 6) is 0. The van der Waals surface area contributed by atoms with Gasteiger partial charge in [-0.1, -0.05) is 18.2 Å². The van der Waals surface area contributed by atoms with Crippen LogP contribution in [0.3, 0.4) is 0 Å². The molecule has 12 heavy (non-hydrogen) atoms. The van der Waals surface area contributed by atoms with Gasteiger partial charge >= 0.3 is 0 Å². The average Bonchev–Trinajstić information content (AvgIpc) is 2.07. The van der Waals surface area contributed by atoms with Crippen LogP contribution in [0.2, 0.25) is 0 Å². The van der Waals surface area contributed by atoms with Crippen LogP contribution in [0.15, 0.2) is 35.3 Å². The summed E-state index contributed by atoms with van der Waals surface area (Å²) in [5, 5.41) is 0. The topological polar surface area (TPSA) is 29.4 Å². The van der Waals surface area contributed by atoms with Crippen LogP contribution in [-0.2, 0) is 4.79 Å². The molecule has 2 nitrogen and oxygen atoms in total. The van der Waals surface area contributed by atoms with Gasteiger partial charge in [-0.2, -0.15) is 0 Å². The van der Waals surface area contributed by atoms with Crippen molar-refractivity contribution in [3.63, 3.8) is 0 Å². The summed E-state index contributed by atoms with van der Waals surface area (Å²) in [5.41, 5.74) is 0.884. The molecule has 3 heteroatoms. The monoisotopic (exact) mass is 183 g/mol. The lowest BCUT2D eigenvalue weighted by molar-refractivity contribution is -0.106. The van der Waals surface area contributed by atoms with Crippen molar-refractivity contribution in [2.24, 2.45) is 4.99 Å². The van der Waals surface area contributed by atoms with Crippen molar-refractivity contribution in [2.75, 3.05) is 0 Å². The predicted octanol–water partition coefficient (Wildman–Crippen LogP) is 2.40. The largest absolute Gasteiger partial charge is 0.303 e. The first-order valence-electron chi connectivity index (χ1n) is 3.44. The molecular weight excluding hydrogens is 174 g/mol. The first kappa shape index (κ1) is 10.8. The van der Waals surface area contributed by atoms with Crippen molar-refractivity contribution in [1.82, 2.24) is 0 Å². The molecule has 0 saturated heterocycles. The van der Waals surface area contributed by atoms with Gasteiger partial charge in [0, 0.05) is 12.6 Å². The fraction of sp³-hybridized carbons (Fsp3) is 0.111. The SMILES string of the molecule is Cl.O=CCC=Nc1ccccc1. The lowest BCUT2D eigenvalue weighted by atomic mass is 10.3. The van der Waals surface area contributed by atoms with E-state index in [0.717, 1.165) is 12.0 Å².